The lowest BCUT2D eigenvalue weighted by Crippen LogP contribution is -2.27. The van der Waals surface area contributed by atoms with Gasteiger partial charge in [0.1, 0.15) is 0 Å². The summed E-state index contributed by atoms with van der Waals surface area (Å²) in [7, 11) is 0. The third-order valence-electron chi connectivity index (χ3n) is 2.36. The van der Waals surface area contributed by atoms with Crippen LogP contribution < -0.4 is 10.4 Å². The highest BCUT2D eigenvalue weighted by atomic mass is 35.5. The molecule has 0 unspecified atom stereocenters. The van der Waals surface area contributed by atoms with Gasteiger partial charge in [0.15, 0.2) is 5.69 Å². The third kappa shape index (κ3) is 3.60. The van der Waals surface area contributed by atoms with Crippen LogP contribution >= 0.6 is 11.6 Å². The molecule has 1 N–H and O–H groups in total. The Balaban J connectivity index is 2.40. The molecule has 5 nitrogen and oxygen atoms in total. The van der Waals surface area contributed by atoms with E-state index < -0.39 is 29.4 Å². The number of carbonyl (C=O) groups is 1. The van der Waals surface area contributed by atoms with Gasteiger partial charge in [-0.3, -0.25) is 0 Å². The standard InChI is InChI=1S/C12H7ClF3N3O2/c13-6-2-1-3-7(4-6)18-11-17-5-8(10(20)21)9(19-11)12(14,15)16/h1-5H,(H,20,21)(H,17,18,19)/p-1. The van der Waals surface area contributed by atoms with Crippen molar-refractivity contribution in [3.8, 4) is 0 Å². The molecule has 0 atom stereocenters. The van der Waals surface area contributed by atoms with Crippen molar-refractivity contribution < 1.29 is 23.1 Å². The lowest BCUT2D eigenvalue weighted by molar-refractivity contribution is -0.256. The average molecular weight is 317 g/mol. The minimum Gasteiger partial charge on any atom is -0.545 e. The molecule has 2 rings (SSSR count). The number of alkyl halides is 3. The summed E-state index contributed by atoms with van der Waals surface area (Å²) in [6, 6.07) is 6.14. The number of carboxylic acid groups (broad SMARTS) is 1. The highest BCUT2D eigenvalue weighted by Crippen LogP contribution is 2.31. The molecule has 0 saturated carbocycles. The molecule has 0 aliphatic carbocycles. The second-order valence-corrected chi connectivity index (χ2v) is 4.31. The van der Waals surface area contributed by atoms with Crippen LogP contribution in [-0.2, 0) is 6.18 Å². The van der Waals surface area contributed by atoms with Crippen LogP contribution in [0.4, 0.5) is 24.8 Å². The fraction of sp³-hybridized carbons (Fsp3) is 0.0833. The molecule has 1 heterocycles. The van der Waals surface area contributed by atoms with E-state index in [0.717, 1.165) is 0 Å². The van der Waals surface area contributed by atoms with Crippen molar-refractivity contribution in [3.05, 3.63) is 46.7 Å². The number of nitrogens with one attached hydrogen (secondary N) is 1. The summed E-state index contributed by atoms with van der Waals surface area (Å²) in [5.41, 5.74) is -2.35. The number of nitrogens with zero attached hydrogens (tertiary/aromatic N) is 2. The minimum absolute atomic E-state index is 0.358. The van der Waals surface area contributed by atoms with Crippen molar-refractivity contribution >= 4 is 29.2 Å². The molecule has 0 aliphatic rings. The summed E-state index contributed by atoms with van der Waals surface area (Å²) in [5.74, 6) is -2.41. The van der Waals surface area contributed by atoms with Gasteiger partial charge in [-0.05, 0) is 18.2 Å². The van der Waals surface area contributed by atoms with Crippen LogP contribution in [0, 0.1) is 0 Å². The van der Waals surface area contributed by atoms with Gasteiger partial charge in [0, 0.05) is 22.5 Å². The molecule has 2 aromatic rings. The molecule has 0 saturated heterocycles. The van der Waals surface area contributed by atoms with Crippen molar-refractivity contribution in [2.75, 3.05) is 5.32 Å². The van der Waals surface area contributed by atoms with Gasteiger partial charge in [-0.25, -0.2) is 9.97 Å². The van der Waals surface area contributed by atoms with Crippen LogP contribution in [0.25, 0.3) is 0 Å². The summed E-state index contributed by atoms with van der Waals surface area (Å²) in [6.45, 7) is 0. The highest BCUT2D eigenvalue weighted by molar-refractivity contribution is 6.30. The Bertz CT molecular complexity index is 692. The number of carbonyl (C=O) groups excluding carboxylic acids is 1. The molecule has 9 heteroatoms. The van der Waals surface area contributed by atoms with Crippen LogP contribution in [0.3, 0.4) is 0 Å². The number of aromatic nitrogens is 2. The first-order valence-corrected chi connectivity index (χ1v) is 5.83. The molecular formula is C12H6ClF3N3O2-. The first-order chi connectivity index (χ1) is 9.77. The van der Waals surface area contributed by atoms with Crippen molar-refractivity contribution in [1.29, 1.82) is 0 Å². The number of hydrogen-bond acceptors (Lipinski definition) is 5. The van der Waals surface area contributed by atoms with E-state index in [1.54, 1.807) is 12.1 Å². The molecule has 0 fully saturated rings. The molecule has 0 spiro atoms. The molecule has 110 valence electrons. The molecule has 0 radical (unpaired) electrons. The van der Waals surface area contributed by atoms with Crippen LogP contribution in [0.2, 0.25) is 5.02 Å². The summed E-state index contributed by atoms with van der Waals surface area (Å²) < 4.78 is 38.3. The lowest BCUT2D eigenvalue weighted by atomic mass is 10.2. The van der Waals surface area contributed by atoms with E-state index in [1.165, 1.54) is 12.1 Å². The summed E-state index contributed by atoms with van der Waals surface area (Å²) in [4.78, 5) is 17.3. The topological polar surface area (TPSA) is 77.9 Å². The number of aromatic carboxylic acids is 1. The van der Waals surface area contributed by atoms with Gasteiger partial charge in [0.05, 0.1) is 5.97 Å². The van der Waals surface area contributed by atoms with Gasteiger partial charge in [-0.15, -0.1) is 0 Å². The number of anilines is 2. The molecule has 0 amide bonds. The monoisotopic (exact) mass is 316 g/mol. The Labute approximate surface area is 121 Å². The maximum Gasteiger partial charge on any atom is 0.434 e. The average Bonchev–Trinajstić information content (AvgIpc) is 2.37. The van der Waals surface area contributed by atoms with E-state index in [0.29, 0.717) is 16.9 Å². The number of benzene rings is 1. The predicted molar refractivity (Wildman–Crippen MR) is 66.1 cm³/mol. The maximum atomic E-state index is 12.8. The van der Waals surface area contributed by atoms with Crippen LogP contribution in [0.5, 0.6) is 0 Å². The number of rotatable bonds is 3. The lowest BCUT2D eigenvalue weighted by Gasteiger charge is -2.13. The van der Waals surface area contributed by atoms with E-state index in [9.17, 15) is 23.1 Å². The normalized spacial score (nSPS) is 11.2. The second kappa shape index (κ2) is 5.57. The second-order valence-electron chi connectivity index (χ2n) is 3.88. The van der Waals surface area contributed by atoms with Crippen molar-refractivity contribution in [2.45, 2.75) is 6.18 Å². The van der Waals surface area contributed by atoms with E-state index in [1.807, 2.05) is 0 Å². The molecule has 1 aromatic carbocycles. The Kier molecular flexibility index (Phi) is 3.99. The molecule has 21 heavy (non-hydrogen) atoms. The highest BCUT2D eigenvalue weighted by Gasteiger charge is 2.36. The molecule has 0 bridgehead atoms. The Morgan fingerprint density at radius 2 is 2.05 bits per heavy atom. The SMILES string of the molecule is O=C([O-])c1cnc(Nc2cccc(Cl)c2)nc1C(F)(F)F. The van der Waals surface area contributed by atoms with Gasteiger partial charge in [-0.2, -0.15) is 13.2 Å². The number of hydrogen-bond donors (Lipinski definition) is 1. The quantitative estimate of drug-likeness (QED) is 0.939. The zero-order valence-corrected chi connectivity index (χ0v) is 10.9. The number of carboxylic acids is 1. The van der Waals surface area contributed by atoms with Gasteiger partial charge >= 0.3 is 6.18 Å². The Hall–Kier alpha value is -2.35. The summed E-state index contributed by atoms with van der Waals surface area (Å²) in [5, 5.41) is 13.5. The minimum atomic E-state index is -4.94. The van der Waals surface area contributed by atoms with Crippen LogP contribution in [-0.4, -0.2) is 15.9 Å². The molecular weight excluding hydrogens is 311 g/mol. The number of halogens is 4. The van der Waals surface area contributed by atoms with Gasteiger partial charge in [0.25, 0.3) is 0 Å². The molecule has 1 aromatic heterocycles. The van der Waals surface area contributed by atoms with E-state index in [2.05, 4.69) is 15.3 Å². The maximum absolute atomic E-state index is 12.8. The van der Waals surface area contributed by atoms with Gasteiger partial charge in [-0.1, -0.05) is 17.7 Å². The largest absolute Gasteiger partial charge is 0.545 e. The zero-order chi connectivity index (χ0) is 15.6. The summed E-state index contributed by atoms with van der Waals surface area (Å²) >= 11 is 5.73. The van der Waals surface area contributed by atoms with Crippen LogP contribution in [0.1, 0.15) is 16.1 Å². The van der Waals surface area contributed by atoms with Gasteiger partial charge < -0.3 is 15.2 Å². The van der Waals surface area contributed by atoms with Crippen molar-refractivity contribution in [3.63, 3.8) is 0 Å². The molecule has 0 aliphatic heterocycles. The predicted octanol–water partition coefficient (Wildman–Crippen LogP) is 2.26. The summed E-state index contributed by atoms with van der Waals surface area (Å²) in [6.07, 6.45) is -4.40. The van der Waals surface area contributed by atoms with E-state index in [-0.39, 0.29) is 0 Å². The fourth-order valence-electron chi connectivity index (χ4n) is 1.50. The van der Waals surface area contributed by atoms with E-state index in [4.69, 9.17) is 11.6 Å². The van der Waals surface area contributed by atoms with Crippen LogP contribution in [0.15, 0.2) is 30.5 Å². The first-order valence-electron chi connectivity index (χ1n) is 5.45. The Morgan fingerprint density at radius 1 is 1.33 bits per heavy atom. The Morgan fingerprint density at radius 3 is 2.62 bits per heavy atom. The smallest absolute Gasteiger partial charge is 0.434 e. The van der Waals surface area contributed by atoms with E-state index >= 15 is 0 Å². The first kappa shape index (κ1) is 15.0. The van der Waals surface area contributed by atoms with Crippen molar-refractivity contribution in [2.24, 2.45) is 0 Å². The van der Waals surface area contributed by atoms with Gasteiger partial charge in [0.2, 0.25) is 5.95 Å². The zero-order valence-electron chi connectivity index (χ0n) is 10.1. The van der Waals surface area contributed by atoms with Crippen molar-refractivity contribution in [1.82, 2.24) is 9.97 Å². The third-order valence-corrected chi connectivity index (χ3v) is 2.59. The fourth-order valence-corrected chi connectivity index (χ4v) is 1.69.